The molecule has 2 saturated carbocycles. The van der Waals surface area contributed by atoms with Crippen molar-refractivity contribution in [3.05, 3.63) is 34.6 Å². The zero-order chi connectivity index (χ0) is 14.8. The third-order valence-corrected chi connectivity index (χ3v) is 5.68. The molecule has 3 rings (SSSR count). The third kappa shape index (κ3) is 3.27. The van der Waals surface area contributed by atoms with Crippen LogP contribution in [0.1, 0.15) is 44.6 Å². The van der Waals surface area contributed by atoms with Crippen LogP contribution in [0, 0.1) is 23.6 Å². The van der Waals surface area contributed by atoms with Crippen molar-refractivity contribution >= 4 is 11.6 Å². The largest absolute Gasteiger partial charge is 0.313 e. The highest BCUT2D eigenvalue weighted by atomic mass is 35.5. The van der Waals surface area contributed by atoms with Gasteiger partial charge >= 0.3 is 0 Å². The predicted octanol–water partition coefficient (Wildman–Crippen LogP) is 4.83. The molecule has 0 aromatic heterocycles. The van der Waals surface area contributed by atoms with Gasteiger partial charge in [-0.05, 0) is 62.1 Å². The highest BCUT2D eigenvalue weighted by Crippen LogP contribution is 2.57. The minimum absolute atomic E-state index is 0.158. The van der Waals surface area contributed by atoms with Crippen molar-refractivity contribution in [3.8, 4) is 0 Å². The summed E-state index contributed by atoms with van der Waals surface area (Å²) in [6.07, 6.45) is 7.32. The van der Waals surface area contributed by atoms with Gasteiger partial charge in [0, 0.05) is 16.6 Å². The number of benzene rings is 1. The van der Waals surface area contributed by atoms with Gasteiger partial charge in [0.15, 0.2) is 0 Å². The lowest BCUT2D eigenvalue weighted by molar-refractivity contribution is 0.422. The van der Waals surface area contributed by atoms with Gasteiger partial charge in [0.05, 0.1) is 0 Å². The topological polar surface area (TPSA) is 12.0 Å². The van der Waals surface area contributed by atoms with E-state index in [1.54, 1.807) is 12.1 Å². The van der Waals surface area contributed by atoms with Crippen molar-refractivity contribution in [1.29, 1.82) is 0 Å². The van der Waals surface area contributed by atoms with Crippen molar-refractivity contribution in [3.63, 3.8) is 0 Å². The maximum absolute atomic E-state index is 14.1. The van der Waals surface area contributed by atoms with Crippen LogP contribution in [0.4, 0.5) is 4.39 Å². The SMILES string of the molecule is CCCNC(Cc1c(F)cccc1Cl)C1C2CCCCC21. The molecule has 0 bridgehead atoms. The Labute approximate surface area is 132 Å². The van der Waals surface area contributed by atoms with Crippen LogP contribution in [0.2, 0.25) is 5.02 Å². The second-order valence-corrected chi connectivity index (χ2v) is 7.06. The Morgan fingerprint density at radius 1 is 1.29 bits per heavy atom. The van der Waals surface area contributed by atoms with Gasteiger partial charge < -0.3 is 5.32 Å². The first kappa shape index (κ1) is 15.3. The normalized spacial score (nSPS) is 29.0. The molecular weight excluding hydrogens is 285 g/mol. The maximum atomic E-state index is 14.1. The number of nitrogens with one attached hydrogen (secondary N) is 1. The van der Waals surface area contributed by atoms with E-state index in [0.29, 0.717) is 16.6 Å². The zero-order valence-electron chi connectivity index (χ0n) is 12.7. The Morgan fingerprint density at radius 2 is 2.00 bits per heavy atom. The van der Waals surface area contributed by atoms with Crippen molar-refractivity contribution in [1.82, 2.24) is 5.32 Å². The maximum Gasteiger partial charge on any atom is 0.127 e. The van der Waals surface area contributed by atoms with Gasteiger partial charge in [-0.15, -0.1) is 0 Å². The minimum atomic E-state index is -0.158. The number of rotatable bonds is 6. The second-order valence-electron chi connectivity index (χ2n) is 6.65. The molecule has 0 aliphatic heterocycles. The fourth-order valence-corrected chi connectivity index (χ4v) is 4.51. The standard InChI is InChI=1S/C18H25ClFN/c1-2-10-21-17(18-12-6-3-4-7-13(12)18)11-14-15(19)8-5-9-16(14)20/h5,8-9,12-13,17-18,21H,2-4,6-7,10-11H2,1H3. The van der Waals surface area contributed by atoms with E-state index >= 15 is 0 Å². The van der Waals surface area contributed by atoms with E-state index < -0.39 is 0 Å². The van der Waals surface area contributed by atoms with Crippen LogP contribution in [0.5, 0.6) is 0 Å². The lowest BCUT2D eigenvalue weighted by atomic mass is 9.99. The van der Waals surface area contributed by atoms with Crippen molar-refractivity contribution in [2.24, 2.45) is 17.8 Å². The van der Waals surface area contributed by atoms with E-state index in [2.05, 4.69) is 12.2 Å². The molecule has 0 radical (unpaired) electrons. The van der Waals surface area contributed by atoms with Gasteiger partial charge in [-0.3, -0.25) is 0 Å². The van der Waals surface area contributed by atoms with E-state index in [9.17, 15) is 4.39 Å². The minimum Gasteiger partial charge on any atom is -0.313 e. The fourth-order valence-electron chi connectivity index (χ4n) is 4.27. The molecule has 1 nitrogen and oxygen atoms in total. The molecule has 21 heavy (non-hydrogen) atoms. The first-order chi connectivity index (χ1) is 10.2. The van der Waals surface area contributed by atoms with Crippen LogP contribution < -0.4 is 5.32 Å². The van der Waals surface area contributed by atoms with Crippen LogP contribution >= 0.6 is 11.6 Å². The van der Waals surface area contributed by atoms with Gasteiger partial charge in [-0.1, -0.05) is 37.4 Å². The fraction of sp³-hybridized carbons (Fsp3) is 0.667. The van der Waals surface area contributed by atoms with Gasteiger partial charge in [0.25, 0.3) is 0 Å². The molecule has 0 amide bonds. The van der Waals surface area contributed by atoms with E-state index in [4.69, 9.17) is 11.6 Å². The Balaban J connectivity index is 1.74. The van der Waals surface area contributed by atoms with Crippen LogP contribution in [0.15, 0.2) is 18.2 Å². The lowest BCUT2D eigenvalue weighted by Crippen LogP contribution is -2.35. The first-order valence-electron chi connectivity index (χ1n) is 8.38. The van der Waals surface area contributed by atoms with Gasteiger partial charge in [-0.25, -0.2) is 4.39 Å². The second kappa shape index (κ2) is 6.66. The smallest absolute Gasteiger partial charge is 0.127 e. The van der Waals surface area contributed by atoms with Crippen LogP contribution in [0.3, 0.4) is 0 Å². The highest BCUT2D eigenvalue weighted by Gasteiger charge is 2.53. The summed E-state index contributed by atoms with van der Waals surface area (Å²) in [5.41, 5.74) is 0.691. The Morgan fingerprint density at radius 3 is 2.62 bits per heavy atom. The summed E-state index contributed by atoms with van der Waals surface area (Å²) in [5.74, 6) is 2.32. The van der Waals surface area contributed by atoms with E-state index in [1.165, 1.54) is 31.7 Å². The average Bonchev–Trinajstić information content (AvgIpc) is 3.21. The molecular formula is C18H25ClFN. The Hall–Kier alpha value is -0.600. The molecule has 0 spiro atoms. The van der Waals surface area contributed by atoms with Crippen molar-refractivity contribution in [2.45, 2.75) is 51.5 Å². The molecule has 1 aromatic rings. The summed E-state index contributed by atoms with van der Waals surface area (Å²) in [5, 5.41) is 4.24. The Bertz CT molecular complexity index is 458. The van der Waals surface area contributed by atoms with Crippen LogP contribution in [0.25, 0.3) is 0 Å². The Kier molecular flexibility index (Phi) is 4.85. The van der Waals surface area contributed by atoms with E-state index in [0.717, 1.165) is 37.1 Å². The summed E-state index contributed by atoms with van der Waals surface area (Å²) in [6, 6.07) is 5.40. The molecule has 2 aliphatic rings. The molecule has 1 N–H and O–H groups in total. The molecule has 3 unspecified atom stereocenters. The summed E-state index contributed by atoms with van der Waals surface area (Å²) < 4.78 is 14.1. The number of hydrogen-bond donors (Lipinski definition) is 1. The monoisotopic (exact) mass is 309 g/mol. The van der Waals surface area contributed by atoms with Crippen LogP contribution in [-0.4, -0.2) is 12.6 Å². The number of halogens is 2. The molecule has 1 aromatic carbocycles. The number of hydrogen-bond acceptors (Lipinski definition) is 1. The summed E-state index contributed by atoms with van der Waals surface area (Å²) in [6.45, 7) is 3.19. The van der Waals surface area contributed by atoms with Crippen molar-refractivity contribution < 1.29 is 4.39 Å². The molecule has 3 atom stereocenters. The van der Waals surface area contributed by atoms with Gasteiger partial charge in [0.2, 0.25) is 0 Å². The zero-order valence-corrected chi connectivity index (χ0v) is 13.5. The van der Waals surface area contributed by atoms with Gasteiger partial charge in [0.1, 0.15) is 5.82 Å². The summed E-state index contributed by atoms with van der Waals surface area (Å²) in [7, 11) is 0. The molecule has 0 saturated heterocycles. The quantitative estimate of drug-likeness (QED) is 0.794. The van der Waals surface area contributed by atoms with Crippen LogP contribution in [-0.2, 0) is 6.42 Å². The highest BCUT2D eigenvalue weighted by molar-refractivity contribution is 6.31. The van der Waals surface area contributed by atoms with E-state index in [1.807, 2.05) is 0 Å². The molecule has 116 valence electrons. The first-order valence-corrected chi connectivity index (χ1v) is 8.76. The summed E-state index contributed by atoms with van der Waals surface area (Å²) >= 11 is 6.22. The van der Waals surface area contributed by atoms with Gasteiger partial charge in [-0.2, -0.15) is 0 Å². The number of fused-ring (bicyclic) bond motifs is 1. The lowest BCUT2D eigenvalue weighted by Gasteiger charge is -2.20. The molecule has 3 heteroatoms. The molecule has 2 aliphatic carbocycles. The molecule has 2 fully saturated rings. The van der Waals surface area contributed by atoms with E-state index in [-0.39, 0.29) is 5.82 Å². The average molecular weight is 310 g/mol. The molecule has 0 heterocycles. The predicted molar refractivity (Wildman–Crippen MR) is 86.1 cm³/mol. The summed E-state index contributed by atoms with van der Waals surface area (Å²) in [4.78, 5) is 0. The van der Waals surface area contributed by atoms with Crippen molar-refractivity contribution in [2.75, 3.05) is 6.54 Å². The third-order valence-electron chi connectivity index (χ3n) is 5.33.